The van der Waals surface area contributed by atoms with Gasteiger partial charge in [0.2, 0.25) is 0 Å². The predicted molar refractivity (Wildman–Crippen MR) is 199 cm³/mol. The van der Waals surface area contributed by atoms with Gasteiger partial charge in [-0.3, -0.25) is 0 Å². The maximum absolute atomic E-state index is 6.46. The van der Waals surface area contributed by atoms with Crippen molar-refractivity contribution in [1.82, 2.24) is 0 Å². The maximum atomic E-state index is 6.46. The summed E-state index contributed by atoms with van der Waals surface area (Å²) in [6, 6.07) is 43.2. The molecule has 0 unspecified atom stereocenters. The number of hydrogen-bond acceptors (Lipinski definition) is 1. The molecule has 2 N–H and O–H groups in total. The first-order valence-electron chi connectivity index (χ1n) is 16.2. The first-order chi connectivity index (χ1) is 22.6. The predicted octanol–water partition coefficient (Wildman–Crippen LogP) is 9.32. The topological polar surface area (TPSA) is 26.0 Å². The molecule has 0 saturated heterocycles. The van der Waals surface area contributed by atoms with Crippen LogP contribution in [-0.4, -0.2) is 0 Å². The fraction of sp³-hybridized carbons (Fsp3) is 0.111. The standard InChI is InChI=1S/C45H41N/c1-34-32-41-20-12-11-19-38(41)23-13-22-37-18-10-9-17-36(37)16-7-2-3-8-21-43-33-42(29-30-44(34)43)39-25-27-40(28-26-39)45(46)31-24-35-14-5-4-6-15-35/h2-7,9-12,14-20,23,25-33H,1,8,13,21-22,24,46H2/b3-2-,16-7-,38-23-,41-32-,45-31-. The molecule has 1 aliphatic carbocycles. The first-order valence-corrected chi connectivity index (χ1v) is 16.2. The van der Waals surface area contributed by atoms with E-state index in [9.17, 15) is 0 Å². The van der Waals surface area contributed by atoms with Gasteiger partial charge in [0.1, 0.15) is 0 Å². The number of hydrogen-bond donors (Lipinski definition) is 1. The van der Waals surface area contributed by atoms with E-state index in [0.717, 1.165) is 48.9 Å². The summed E-state index contributed by atoms with van der Waals surface area (Å²) in [4.78, 5) is 0. The van der Waals surface area contributed by atoms with Crippen LogP contribution in [0.4, 0.5) is 0 Å². The van der Waals surface area contributed by atoms with Gasteiger partial charge in [-0.05, 0) is 98.7 Å². The highest BCUT2D eigenvalue weighted by molar-refractivity contribution is 5.89. The third-order valence-electron chi connectivity index (χ3n) is 8.67. The largest absolute Gasteiger partial charge is 0.398 e. The summed E-state index contributed by atoms with van der Waals surface area (Å²) in [5, 5.41) is 2.45. The van der Waals surface area contributed by atoms with Crippen LogP contribution in [0.5, 0.6) is 0 Å². The second-order valence-electron chi connectivity index (χ2n) is 11.9. The third-order valence-corrected chi connectivity index (χ3v) is 8.67. The van der Waals surface area contributed by atoms with Crippen molar-refractivity contribution in [1.29, 1.82) is 0 Å². The molecule has 6 rings (SSSR count). The lowest BCUT2D eigenvalue weighted by Gasteiger charge is -2.13. The van der Waals surface area contributed by atoms with Gasteiger partial charge >= 0.3 is 0 Å². The minimum Gasteiger partial charge on any atom is -0.398 e. The number of rotatable bonds is 4. The number of aryl methyl sites for hydroxylation is 2. The van der Waals surface area contributed by atoms with E-state index in [0.29, 0.717) is 0 Å². The summed E-state index contributed by atoms with van der Waals surface area (Å²) < 4.78 is 0. The molecule has 0 bridgehead atoms. The monoisotopic (exact) mass is 595 g/mol. The fourth-order valence-corrected chi connectivity index (χ4v) is 6.08. The van der Waals surface area contributed by atoms with Gasteiger partial charge in [0.05, 0.1) is 0 Å². The highest BCUT2D eigenvalue weighted by atomic mass is 14.6. The molecule has 0 fully saturated rings. The van der Waals surface area contributed by atoms with E-state index in [1.165, 1.54) is 49.4 Å². The van der Waals surface area contributed by atoms with Crippen LogP contribution in [0.3, 0.4) is 0 Å². The van der Waals surface area contributed by atoms with Crippen LogP contribution in [0.1, 0.15) is 46.2 Å². The average Bonchev–Trinajstić information content (AvgIpc) is 3.10. The molecule has 46 heavy (non-hydrogen) atoms. The lowest BCUT2D eigenvalue weighted by molar-refractivity contribution is 0.998. The summed E-state index contributed by atoms with van der Waals surface area (Å²) in [5.74, 6) is 0. The Kier molecular flexibility index (Phi) is 10.0. The minimum atomic E-state index is 0.801. The van der Waals surface area contributed by atoms with Crippen LogP contribution in [0.15, 0.2) is 152 Å². The smallest absolute Gasteiger partial charge is 0.0350 e. The van der Waals surface area contributed by atoms with Crippen molar-refractivity contribution in [3.63, 3.8) is 0 Å². The molecule has 226 valence electrons. The molecule has 1 aliphatic rings. The summed E-state index contributed by atoms with van der Waals surface area (Å²) in [5.41, 5.74) is 18.1. The van der Waals surface area contributed by atoms with E-state index in [4.69, 9.17) is 5.73 Å². The van der Waals surface area contributed by atoms with E-state index in [1.54, 1.807) is 0 Å². The molecule has 0 atom stereocenters. The zero-order chi connectivity index (χ0) is 31.6. The van der Waals surface area contributed by atoms with Gasteiger partial charge in [0.15, 0.2) is 0 Å². The van der Waals surface area contributed by atoms with Crippen molar-refractivity contribution in [2.75, 3.05) is 0 Å². The zero-order valence-electron chi connectivity index (χ0n) is 26.4. The Morgan fingerprint density at radius 3 is 2.24 bits per heavy atom. The van der Waals surface area contributed by atoms with Gasteiger partial charge < -0.3 is 5.73 Å². The third kappa shape index (κ3) is 7.81. The molecule has 5 aromatic carbocycles. The zero-order valence-corrected chi connectivity index (χ0v) is 26.4. The molecule has 0 spiro atoms. The van der Waals surface area contributed by atoms with Gasteiger partial charge in [-0.1, -0.05) is 164 Å². The Morgan fingerprint density at radius 1 is 0.674 bits per heavy atom. The lowest BCUT2D eigenvalue weighted by Crippen LogP contribution is -2.23. The normalized spacial score (nSPS) is 16.7. The highest BCUT2D eigenvalue weighted by Gasteiger charge is 2.09. The van der Waals surface area contributed by atoms with Crippen LogP contribution < -0.4 is 16.2 Å². The van der Waals surface area contributed by atoms with E-state index in [2.05, 4.69) is 164 Å². The molecule has 1 heteroatoms. The fourth-order valence-electron chi connectivity index (χ4n) is 6.08. The Balaban J connectivity index is 1.31. The molecule has 5 aromatic rings. The molecule has 0 aliphatic heterocycles. The summed E-state index contributed by atoms with van der Waals surface area (Å²) in [6.45, 7) is 4.56. The average molecular weight is 596 g/mol. The van der Waals surface area contributed by atoms with Crippen molar-refractivity contribution in [3.8, 4) is 11.1 Å². The SMILES string of the molecule is C=C1/C=c2/cccc/c2=C/CCc2ccccc2/C=C\C=C/CCc2cc(-c3ccc(/C(N)=C/Cc4ccccc4)cc3)ccc21. The summed E-state index contributed by atoms with van der Waals surface area (Å²) in [7, 11) is 0. The Bertz CT molecular complexity index is 2020. The lowest BCUT2D eigenvalue weighted by atomic mass is 9.92. The van der Waals surface area contributed by atoms with Gasteiger partial charge in [0.25, 0.3) is 0 Å². The van der Waals surface area contributed by atoms with Crippen LogP contribution in [0.2, 0.25) is 0 Å². The number of fused-ring (bicyclic) bond motifs is 3. The van der Waals surface area contributed by atoms with Gasteiger partial charge in [0, 0.05) is 5.70 Å². The molecule has 1 nitrogen and oxygen atoms in total. The van der Waals surface area contributed by atoms with E-state index in [1.807, 2.05) is 6.07 Å². The number of nitrogens with two attached hydrogens (primary N) is 1. The van der Waals surface area contributed by atoms with Gasteiger partial charge in [-0.2, -0.15) is 0 Å². The van der Waals surface area contributed by atoms with Gasteiger partial charge in [-0.25, -0.2) is 0 Å². The summed E-state index contributed by atoms with van der Waals surface area (Å²) in [6.07, 6.45) is 20.2. The Morgan fingerprint density at radius 2 is 1.39 bits per heavy atom. The van der Waals surface area contributed by atoms with Crippen molar-refractivity contribution in [2.24, 2.45) is 5.73 Å². The molecule has 0 heterocycles. The number of benzene rings is 5. The van der Waals surface area contributed by atoms with Crippen LogP contribution in [0.25, 0.3) is 40.6 Å². The van der Waals surface area contributed by atoms with Crippen LogP contribution in [0, 0.1) is 0 Å². The van der Waals surface area contributed by atoms with Crippen molar-refractivity contribution >= 4 is 29.5 Å². The molecular weight excluding hydrogens is 555 g/mol. The van der Waals surface area contributed by atoms with Gasteiger partial charge in [-0.15, -0.1) is 0 Å². The molecule has 0 aromatic heterocycles. The quantitative estimate of drug-likeness (QED) is 0.220. The second kappa shape index (κ2) is 15.1. The molecular formula is C45H41N. The Hall–Kier alpha value is -5.40. The molecule has 0 amide bonds. The first kappa shape index (κ1) is 30.6. The van der Waals surface area contributed by atoms with Crippen molar-refractivity contribution in [3.05, 3.63) is 196 Å². The van der Waals surface area contributed by atoms with Crippen LogP contribution in [-0.2, 0) is 19.3 Å². The second-order valence-corrected chi connectivity index (χ2v) is 11.9. The minimum absolute atomic E-state index is 0.801. The van der Waals surface area contributed by atoms with Crippen molar-refractivity contribution in [2.45, 2.75) is 32.1 Å². The summed E-state index contributed by atoms with van der Waals surface area (Å²) >= 11 is 0. The highest BCUT2D eigenvalue weighted by Crippen LogP contribution is 2.28. The molecule has 0 saturated carbocycles. The Labute approximate surface area is 273 Å². The van der Waals surface area contributed by atoms with Crippen LogP contribution >= 0.6 is 0 Å². The van der Waals surface area contributed by atoms with E-state index < -0.39 is 0 Å². The maximum Gasteiger partial charge on any atom is 0.0350 e. The molecule has 0 radical (unpaired) electrons. The van der Waals surface area contributed by atoms with E-state index in [-0.39, 0.29) is 0 Å². The number of allylic oxidation sites excluding steroid dienone is 5. The van der Waals surface area contributed by atoms with Crippen molar-refractivity contribution < 1.29 is 0 Å². The van der Waals surface area contributed by atoms with E-state index >= 15 is 0 Å².